The van der Waals surface area contributed by atoms with Crippen molar-refractivity contribution >= 4 is 23.2 Å². The van der Waals surface area contributed by atoms with Crippen LogP contribution in [-0.2, 0) is 16.0 Å². The van der Waals surface area contributed by atoms with E-state index >= 15 is 0 Å². The maximum atomic E-state index is 13.7. The number of nitrogens with zero attached hydrogens (tertiary/aromatic N) is 1. The van der Waals surface area contributed by atoms with Crippen LogP contribution in [0.5, 0.6) is 0 Å². The third-order valence-electron chi connectivity index (χ3n) is 5.08. The highest BCUT2D eigenvalue weighted by Crippen LogP contribution is 2.44. The fourth-order valence-corrected chi connectivity index (χ4v) is 3.65. The average molecular weight is 356 g/mol. The molecule has 0 radical (unpaired) electrons. The van der Waals surface area contributed by atoms with Gasteiger partial charge in [-0.1, -0.05) is 18.2 Å². The van der Waals surface area contributed by atoms with E-state index in [1.54, 1.807) is 4.90 Å². The number of anilines is 2. The molecule has 1 aliphatic heterocycles. The van der Waals surface area contributed by atoms with Gasteiger partial charge in [-0.15, -0.1) is 0 Å². The van der Waals surface area contributed by atoms with Crippen molar-refractivity contribution in [1.29, 1.82) is 0 Å². The molecular formula is C20H18F2N2O2. The van der Waals surface area contributed by atoms with Crippen molar-refractivity contribution in [3.8, 4) is 0 Å². The summed E-state index contributed by atoms with van der Waals surface area (Å²) >= 11 is 0. The van der Waals surface area contributed by atoms with E-state index in [1.807, 2.05) is 31.2 Å². The van der Waals surface area contributed by atoms with Crippen molar-refractivity contribution in [2.24, 2.45) is 11.8 Å². The molecule has 134 valence electrons. The van der Waals surface area contributed by atoms with E-state index in [0.717, 1.165) is 23.7 Å². The first-order valence-electron chi connectivity index (χ1n) is 8.62. The van der Waals surface area contributed by atoms with Crippen LogP contribution >= 0.6 is 0 Å². The van der Waals surface area contributed by atoms with Gasteiger partial charge in [-0.3, -0.25) is 9.59 Å². The first-order chi connectivity index (χ1) is 12.5. The Morgan fingerprint density at radius 1 is 1.12 bits per heavy atom. The lowest BCUT2D eigenvalue weighted by atomic mass is 10.1. The molecule has 2 aliphatic rings. The molecule has 1 heterocycles. The summed E-state index contributed by atoms with van der Waals surface area (Å²) in [6.07, 6.45) is 1.24. The van der Waals surface area contributed by atoms with Crippen LogP contribution in [0, 0.1) is 23.5 Å². The van der Waals surface area contributed by atoms with Gasteiger partial charge in [0.25, 0.3) is 0 Å². The quantitative estimate of drug-likeness (QED) is 0.915. The smallest absolute Gasteiger partial charge is 0.231 e. The minimum Gasteiger partial charge on any atom is -0.323 e. The fraction of sp³-hybridized carbons (Fsp3) is 0.300. The summed E-state index contributed by atoms with van der Waals surface area (Å²) < 4.78 is 26.6. The van der Waals surface area contributed by atoms with Gasteiger partial charge in [-0.2, -0.15) is 0 Å². The van der Waals surface area contributed by atoms with Crippen molar-refractivity contribution in [3.05, 3.63) is 59.7 Å². The summed E-state index contributed by atoms with van der Waals surface area (Å²) in [6, 6.07) is 10.8. The summed E-state index contributed by atoms with van der Waals surface area (Å²) in [5, 5.41) is 2.45. The summed E-state index contributed by atoms with van der Waals surface area (Å²) in [6.45, 7) is 1.99. The van der Waals surface area contributed by atoms with Gasteiger partial charge in [0.05, 0.1) is 17.5 Å². The molecule has 3 atom stereocenters. The second kappa shape index (κ2) is 6.20. The Morgan fingerprint density at radius 3 is 2.65 bits per heavy atom. The SMILES string of the molecule is CC1Cc2ccccc2N1C(=O)C1CC1C(=O)Nc1ccc(F)cc1F. The summed E-state index contributed by atoms with van der Waals surface area (Å²) in [5.41, 5.74) is 1.96. The van der Waals surface area contributed by atoms with Crippen molar-refractivity contribution in [2.75, 3.05) is 10.2 Å². The average Bonchev–Trinajstić information content (AvgIpc) is 3.33. The lowest BCUT2D eigenvalue weighted by Crippen LogP contribution is -2.37. The van der Waals surface area contributed by atoms with Gasteiger partial charge in [-0.05, 0) is 43.5 Å². The highest BCUT2D eigenvalue weighted by Gasteiger charge is 2.51. The Hall–Kier alpha value is -2.76. The number of benzene rings is 2. The van der Waals surface area contributed by atoms with Gasteiger partial charge in [-0.25, -0.2) is 8.78 Å². The molecule has 6 heteroatoms. The standard InChI is InChI=1S/C20H18F2N2O2/c1-11-8-12-4-2-3-5-18(12)24(11)20(26)15-10-14(15)19(25)23-17-7-6-13(21)9-16(17)22/h2-7,9,11,14-15H,8,10H2,1H3,(H,23,25). The number of amides is 2. The molecule has 1 N–H and O–H groups in total. The van der Waals surface area contributed by atoms with Crippen LogP contribution in [-0.4, -0.2) is 17.9 Å². The molecule has 2 aromatic rings. The van der Waals surface area contributed by atoms with Crippen molar-refractivity contribution in [1.82, 2.24) is 0 Å². The van der Waals surface area contributed by atoms with Gasteiger partial charge in [0.2, 0.25) is 11.8 Å². The zero-order chi connectivity index (χ0) is 18.4. The third-order valence-corrected chi connectivity index (χ3v) is 5.08. The van der Waals surface area contributed by atoms with E-state index in [1.165, 1.54) is 6.07 Å². The Morgan fingerprint density at radius 2 is 1.88 bits per heavy atom. The van der Waals surface area contributed by atoms with E-state index in [4.69, 9.17) is 0 Å². The van der Waals surface area contributed by atoms with Crippen LogP contribution in [0.1, 0.15) is 18.9 Å². The van der Waals surface area contributed by atoms with Crippen LogP contribution < -0.4 is 10.2 Å². The third kappa shape index (κ3) is 2.85. The predicted octanol–water partition coefficient (Wildman–Crippen LogP) is 3.52. The van der Waals surface area contributed by atoms with E-state index in [0.29, 0.717) is 12.5 Å². The molecule has 2 amide bonds. The van der Waals surface area contributed by atoms with E-state index in [2.05, 4.69) is 5.32 Å². The molecule has 1 saturated carbocycles. The zero-order valence-corrected chi connectivity index (χ0v) is 14.2. The minimum atomic E-state index is -0.830. The molecule has 1 aliphatic carbocycles. The van der Waals surface area contributed by atoms with Crippen molar-refractivity contribution in [3.63, 3.8) is 0 Å². The Kier molecular flexibility index (Phi) is 3.98. The van der Waals surface area contributed by atoms with Crippen LogP contribution in [0.4, 0.5) is 20.2 Å². The minimum absolute atomic E-state index is 0.0544. The van der Waals surface area contributed by atoms with Crippen LogP contribution in [0.25, 0.3) is 0 Å². The van der Waals surface area contributed by atoms with E-state index in [-0.39, 0.29) is 17.6 Å². The number of halogens is 2. The monoisotopic (exact) mass is 356 g/mol. The van der Waals surface area contributed by atoms with Crippen molar-refractivity contribution < 1.29 is 18.4 Å². The second-order valence-corrected chi connectivity index (χ2v) is 6.95. The van der Waals surface area contributed by atoms with Gasteiger partial charge in [0.1, 0.15) is 11.6 Å². The summed E-state index contributed by atoms with van der Waals surface area (Å²) in [7, 11) is 0. The van der Waals surface area contributed by atoms with Gasteiger partial charge >= 0.3 is 0 Å². The highest BCUT2D eigenvalue weighted by molar-refractivity contribution is 6.05. The van der Waals surface area contributed by atoms with Crippen molar-refractivity contribution in [2.45, 2.75) is 25.8 Å². The molecule has 0 aromatic heterocycles. The lowest BCUT2D eigenvalue weighted by Gasteiger charge is -2.23. The second-order valence-electron chi connectivity index (χ2n) is 6.95. The Bertz CT molecular complexity index is 899. The molecule has 3 unspecified atom stereocenters. The van der Waals surface area contributed by atoms with Gasteiger partial charge in [0, 0.05) is 17.8 Å². The molecule has 2 aromatic carbocycles. The first kappa shape index (κ1) is 16.7. The van der Waals surface area contributed by atoms with E-state index < -0.39 is 29.4 Å². The molecule has 4 nitrogen and oxygen atoms in total. The Balaban J connectivity index is 1.45. The first-order valence-corrected chi connectivity index (χ1v) is 8.62. The number of fused-ring (bicyclic) bond motifs is 1. The Labute approximate surface area is 149 Å². The van der Waals surface area contributed by atoms with Gasteiger partial charge < -0.3 is 10.2 Å². The number of nitrogens with one attached hydrogen (secondary N) is 1. The van der Waals surface area contributed by atoms with Crippen LogP contribution in [0.15, 0.2) is 42.5 Å². The van der Waals surface area contributed by atoms with Gasteiger partial charge in [0.15, 0.2) is 0 Å². The van der Waals surface area contributed by atoms with Crippen LogP contribution in [0.3, 0.4) is 0 Å². The number of carbonyl (C=O) groups is 2. The zero-order valence-electron chi connectivity index (χ0n) is 14.2. The maximum absolute atomic E-state index is 13.7. The molecule has 4 rings (SSSR count). The molecular weight excluding hydrogens is 338 g/mol. The normalized spacial score (nSPS) is 23.5. The lowest BCUT2D eigenvalue weighted by molar-refractivity contribution is -0.123. The topological polar surface area (TPSA) is 49.4 Å². The number of carbonyl (C=O) groups excluding carboxylic acids is 2. The summed E-state index contributed by atoms with van der Waals surface area (Å²) in [4.78, 5) is 27.0. The van der Waals surface area contributed by atoms with Crippen LogP contribution in [0.2, 0.25) is 0 Å². The number of rotatable bonds is 3. The molecule has 0 spiro atoms. The fourth-order valence-electron chi connectivity index (χ4n) is 3.65. The maximum Gasteiger partial charge on any atom is 0.231 e. The van der Waals surface area contributed by atoms with E-state index in [9.17, 15) is 18.4 Å². The highest BCUT2D eigenvalue weighted by atomic mass is 19.1. The summed E-state index contributed by atoms with van der Waals surface area (Å²) in [5.74, 6) is -2.89. The molecule has 0 bridgehead atoms. The number of hydrogen-bond acceptors (Lipinski definition) is 2. The number of hydrogen-bond donors (Lipinski definition) is 1. The number of para-hydroxylation sites is 1. The molecule has 26 heavy (non-hydrogen) atoms. The molecule has 0 saturated heterocycles. The predicted molar refractivity (Wildman–Crippen MR) is 93.7 cm³/mol. The largest absolute Gasteiger partial charge is 0.323 e. The molecule has 1 fully saturated rings.